The fourth-order valence-corrected chi connectivity index (χ4v) is 5.19. The molecule has 0 radical (unpaired) electrons. The third-order valence-corrected chi connectivity index (χ3v) is 7.21. The first-order valence-corrected chi connectivity index (χ1v) is 12.4. The third-order valence-electron chi connectivity index (χ3n) is 6.16. The Kier molecular flexibility index (Phi) is 5.17. The van der Waals surface area contributed by atoms with Crippen molar-refractivity contribution in [2.45, 2.75) is 0 Å². The first-order valence-electron chi connectivity index (χ1n) is 10.8. The van der Waals surface area contributed by atoms with Crippen LogP contribution in [0.1, 0.15) is 0 Å². The number of hydrogen-bond acceptors (Lipinski definition) is 1. The van der Waals surface area contributed by atoms with Crippen LogP contribution in [0.25, 0.3) is 32.3 Å². The van der Waals surface area contributed by atoms with Gasteiger partial charge in [-0.15, -0.1) is 0 Å². The van der Waals surface area contributed by atoms with E-state index in [1.165, 1.54) is 32.3 Å². The number of nitrogens with zero attached hydrogens (tertiary/aromatic N) is 1. The van der Waals surface area contributed by atoms with Crippen LogP contribution in [0, 0.1) is 0 Å². The number of anilines is 3. The van der Waals surface area contributed by atoms with Crippen LogP contribution >= 0.6 is 31.9 Å². The molecule has 158 valence electrons. The molecule has 3 heteroatoms. The van der Waals surface area contributed by atoms with Gasteiger partial charge in [0.05, 0.1) is 0 Å². The number of halogens is 2. The molecule has 0 bridgehead atoms. The summed E-state index contributed by atoms with van der Waals surface area (Å²) in [5, 5.41) is 7.69. The van der Waals surface area contributed by atoms with Crippen LogP contribution in [0.2, 0.25) is 0 Å². The smallest absolute Gasteiger partial charge is 0.0468 e. The molecule has 0 aliphatic heterocycles. The summed E-state index contributed by atoms with van der Waals surface area (Å²) in [6.45, 7) is 0. The molecule has 0 atom stereocenters. The Bertz CT molecular complexity index is 1540. The second-order valence-corrected chi connectivity index (χ2v) is 9.94. The molecule has 0 spiro atoms. The largest absolute Gasteiger partial charge is 0.310 e. The molecule has 33 heavy (non-hydrogen) atoms. The molecule has 0 N–H and O–H groups in total. The molecule has 1 nitrogen and oxygen atoms in total. The van der Waals surface area contributed by atoms with Crippen LogP contribution < -0.4 is 4.90 Å². The lowest BCUT2D eigenvalue weighted by atomic mass is 9.94. The zero-order valence-corrected chi connectivity index (χ0v) is 20.8. The van der Waals surface area contributed by atoms with Crippen molar-refractivity contribution in [2.75, 3.05) is 4.90 Å². The molecule has 6 aromatic carbocycles. The first kappa shape index (κ1) is 20.5. The summed E-state index contributed by atoms with van der Waals surface area (Å²) < 4.78 is 2.14. The van der Waals surface area contributed by atoms with Crippen molar-refractivity contribution in [3.05, 3.63) is 124 Å². The highest BCUT2D eigenvalue weighted by Gasteiger charge is 2.15. The molecular weight excluding hydrogens is 534 g/mol. The van der Waals surface area contributed by atoms with Gasteiger partial charge in [-0.25, -0.2) is 0 Å². The molecule has 6 aromatic rings. The number of hydrogen-bond donors (Lipinski definition) is 0. The maximum Gasteiger partial charge on any atom is 0.0468 e. The quantitative estimate of drug-likeness (QED) is 0.197. The minimum Gasteiger partial charge on any atom is -0.310 e. The third kappa shape index (κ3) is 3.62. The second kappa shape index (κ2) is 8.33. The van der Waals surface area contributed by atoms with Crippen LogP contribution in [0.4, 0.5) is 17.1 Å². The molecule has 0 amide bonds. The summed E-state index contributed by atoms with van der Waals surface area (Å²) in [5.41, 5.74) is 3.36. The second-order valence-electron chi connectivity index (χ2n) is 8.11. The summed E-state index contributed by atoms with van der Waals surface area (Å²) >= 11 is 7.15. The Labute approximate surface area is 209 Å². The Balaban J connectivity index is 1.65. The van der Waals surface area contributed by atoms with E-state index in [9.17, 15) is 0 Å². The van der Waals surface area contributed by atoms with Gasteiger partial charge in [0.1, 0.15) is 0 Å². The SMILES string of the molecule is Brc1ccc(N(c2ccc(Br)cc2)c2ccc3c4ccccc4c4ccccc4c3c2)cc1. The average Bonchev–Trinajstić information content (AvgIpc) is 2.87. The Hall–Kier alpha value is -3.14. The van der Waals surface area contributed by atoms with E-state index in [4.69, 9.17) is 0 Å². The number of benzene rings is 6. The Morgan fingerprint density at radius 2 is 0.727 bits per heavy atom. The van der Waals surface area contributed by atoms with Crippen LogP contribution in [0.15, 0.2) is 124 Å². The normalized spacial score (nSPS) is 11.3. The van der Waals surface area contributed by atoms with Gasteiger partial charge >= 0.3 is 0 Å². The molecule has 0 aromatic heterocycles. The van der Waals surface area contributed by atoms with E-state index < -0.39 is 0 Å². The Morgan fingerprint density at radius 1 is 0.364 bits per heavy atom. The van der Waals surface area contributed by atoms with Gasteiger partial charge in [-0.3, -0.25) is 0 Å². The molecule has 6 rings (SSSR count). The van der Waals surface area contributed by atoms with Crippen molar-refractivity contribution in [2.24, 2.45) is 0 Å². The summed E-state index contributed by atoms with van der Waals surface area (Å²) in [7, 11) is 0. The van der Waals surface area contributed by atoms with Crippen molar-refractivity contribution in [1.29, 1.82) is 0 Å². The van der Waals surface area contributed by atoms with Gasteiger partial charge in [-0.05, 0) is 93.0 Å². The van der Waals surface area contributed by atoms with Gasteiger partial charge in [0.2, 0.25) is 0 Å². The lowest BCUT2D eigenvalue weighted by molar-refractivity contribution is 1.28. The fraction of sp³-hybridized carbons (Fsp3) is 0. The lowest BCUT2D eigenvalue weighted by Crippen LogP contribution is -2.09. The molecule has 0 saturated heterocycles. The van der Waals surface area contributed by atoms with Crippen molar-refractivity contribution in [1.82, 2.24) is 0 Å². The van der Waals surface area contributed by atoms with Crippen molar-refractivity contribution >= 4 is 81.2 Å². The molecule has 0 aliphatic rings. The minimum absolute atomic E-state index is 1.07. The van der Waals surface area contributed by atoms with Crippen LogP contribution in [-0.2, 0) is 0 Å². The van der Waals surface area contributed by atoms with Gasteiger partial charge in [-0.2, -0.15) is 0 Å². The van der Waals surface area contributed by atoms with Gasteiger partial charge in [0.25, 0.3) is 0 Å². The van der Waals surface area contributed by atoms with E-state index in [-0.39, 0.29) is 0 Å². The van der Waals surface area contributed by atoms with Crippen LogP contribution in [0.3, 0.4) is 0 Å². The molecule has 0 unspecified atom stereocenters. The Morgan fingerprint density at radius 3 is 1.18 bits per heavy atom. The fourth-order valence-electron chi connectivity index (χ4n) is 4.66. The van der Waals surface area contributed by atoms with Crippen molar-refractivity contribution in [3.63, 3.8) is 0 Å². The van der Waals surface area contributed by atoms with E-state index in [1.807, 2.05) is 0 Å². The highest BCUT2D eigenvalue weighted by molar-refractivity contribution is 9.10. The number of rotatable bonds is 3. The summed E-state index contributed by atoms with van der Waals surface area (Å²) in [6.07, 6.45) is 0. The van der Waals surface area contributed by atoms with E-state index in [0.717, 1.165) is 26.0 Å². The van der Waals surface area contributed by atoms with E-state index in [1.54, 1.807) is 0 Å². The summed E-state index contributed by atoms with van der Waals surface area (Å²) in [6, 6.07) is 41.2. The van der Waals surface area contributed by atoms with Crippen molar-refractivity contribution < 1.29 is 0 Å². The van der Waals surface area contributed by atoms with Crippen LogP contribution in [-0.4, -0.2) is 0 Å². The maximum atomic E-state index is 3.57. The van der Waals surface area contributed by atoms with Gasteiger partial charge in [0, 0.05) is 26.0 Å². The average molecular weight is 553 g/mol. The molecular formula is C30H19Br2N. The van der Waals surface area contributed by atoms with Crippen molar-refractivity contribution in [3.8, 4) is 0 Å². The lowest BCUT2D eigenvalue weighted by Gasteiger charge is -2.26. The standard InChI is InChI=1S/C30H19Br2N/c31-20-9-13-22(14-10-20)33(23-15-11-21(32)12-16-23)24-17-18-29-27-7-2-1-5-25(27)26-6-3-4-8-28(26)30(29)19-24/h1-19H. The predicted octanol–water partition coefficient (Wildman–Crippen LogP) is 10.1. The molecule has 0 aliphatic carbocycles. The number of fused-ring (bicyclic) bond motifs is 6. The summed E-state index contributed by atoms with van der Waals surface area (Å²) in [4.78, 5) is 2.31. The van der Waals surface area contributed by atoms with E-state index in [0.29, 0.717) is 0 Å². The zero-order chi connectivity index (χ0) is 22.4. The van der Waals surface area contributed by atoms with E-state index in [2.05, 4.69) is 152 Å². The topological polar surface area (TPSA) is 3.24 Å². The summed E-state index contributed by atoms with van der Waals surface area (Å²) in [5.74, 6) is 0. The monoisotopic (exact) mass is 551 g/mol. The van der Waals surface area contributed by atoms with Crippen LogP contribution in [0.5, 0.6) is 0 Å². The highest BCUT2D eigenvalue weighted by atomic mass is 79.9. The predicted molar refractivity (Wildman–Crippen MR) is 149 cm³/mol. The molecule has 0 heterocycles. The minimum atomic E-state index is 1.07. The van der Waals surface area contributed by atoms with Gasteiger partial charge in [-0.1, -0.05) is 86.5 Å². The highest BCUT2D eigenvalue weighted by Crippen LogP contribution is 2.41. The van der Waals surface area contributed by atoms with Gasteiger partial charge in [0.15, 0.2) is 0 Å². The molecule has 0 fully saturated rings. The zero-order valence-electron chi connectivity index (χ0n) is 17.7. The molecule has 0 saturated carbocycles. The first-order chi connectivity index (χ1) is 16.2. The van der Waals surface area contributed by atoms with E-state index >= 15 is 0 Å². The maximum absolute atomic E-state index is 3.57. The van der Waals surface area contributed by atoms with Gasteiger partial charge < -0.3 is 4.90 Å².